The van der Waals surface area contributed by atoms with E-state index in [2.05, 4.69) is 15.9 Å². The number of epoxide rings is 1. The minimum atomic E-state index is -3.19. The SMILES string of the molecule is CCS(=O)(=O)NC1OC1C1=CCC2=NN(C)CC2C1. The van der Waals surface area contributed by atoms with Crippen LogP contribution in [0.1, 0.15) is 19.8 Å². The average molecular weight is 285 g/mol. The molecule has 3 atom stereocenters. The molecule has 0 saturated carbocycles. The van der Waals surface area contributed by atoms with E-state index in [-0.39, 0.29) is 18.1 Å². The molecule has 0 radical (unpaired) electrons. The van der Waals surface area contributed by atoms with Gasteiger partial charge in [0.1, 0.15) is 6.10 Å². The van der Waals surface area contributed by atoms with Crippen molar-refractivity contribution >= 4 is 15.7 Å². The quantitative estimate of drug-likeness (QED) is 0.595. The molecule has 19 heavy (non-hydrogen) atoms. The number of allylic oxidation sites excluding steroid dienone is 1. The third-order valence-electron chi connectivity index (χ3n) is 3.84. The molecule has 3 unspecified atom stereocenters. The maximum Gasteiger partial charge on any atom is 0.213 e. The first-order chi connectivity index (χ1) is 8.98. The smallest absolute Gasteiger partial charge is 0.213 e. The molecule has 3 aliphatic rings. The Bertz CT molecular complexity index is 540. The summed E-state index contributed by atoms with van der Waals surface area (Å²) in [6.45, 7) is 2.57. The van der Waals surface area contributed by atoms with Crippen LogP contribution in [0.5, 0.6) is 0 Å². The van der Waals surface area contributed by atoms with E-state index in [9.17, 15) is 8.42 Å². The van der Waals surface area contributed by atoms with Crippen LogP contribution in [-0.2, 0) is 14.8 Å². The van der Waals surface area contributed by atoms with Gasteiger partial charge in [0, 0.05) is 31.6 Å². The lowest BCUT2D eigenvalue weighted by molar-refractivity contribution is 0.350. The Kier molecular flexibility index (Phi) is 3.15. The second kappa shape index (κ2) is 4.57. The predicted molar refractivity (Wildman–Crippen MR) is 72.1 cm³/mol. The molecule has 3 rings (SSSR count). The van der Waals surface area contributed by atoms with Crippen LogP contribution < -0.4 is 4.72 Å². The van der Waals surface area contributed by atoms with Gasteiger partial charge in [-0.05, 0) is 18.9 Å². The van der Waals surface area contributed by atoms with Crippen LogP contribution in [0.2, 0.25) is 0 Å². The number of ether oxygens (including phenoxy) is 1. The molecule has 0 spiro atoms. The van der Waals surface area contributed by atoms with Crippen molar-refractivity contribution in [2.24, 2.45) is 11.0 Å². The normalized spacial score (nSPS) is 33.8. The van der Waals surface area contributed by atoms with Gasteiger partial charge in [0.05, 0.1) is 5.75 Å². The van der Waals surface area contributed by atoms with Gasteiger partial charge in [-0.3, -0.25) is 5.01 Å². The van der Waals surface area contributed by atoms with E-state index in [1.165, 1.54) is 11.3 Å². The van der Waals surface area contributed by atoms with E-state index < -0.39 is 10.0 Å². The van der Waals surface area contributed by atoms with Gasteiger partial charge < -0.3 is 4.74 Å². The maximum atomic E-state index is 11.5. The standard InChI is InChI=1S/C12H19N3O3S/c1-3-19(16,17)14-12-11(18-12)8-4-5-10-9(6-8)7-15(2)13-10/h4,9,11-12,14H,3,5-7H2,1-2H3. The minimum Gasteiger partial charge on any atom is -0.347 e. The van der Waals surface area contributed by atoms with Crippen molar-refractivity contribution in [1.29, 1.82) is 0 Å². The Labute approximate surface area is 113 Å². The zero-order valence-corrected chi connectivity index (χ0v) is 12.0. The second-order valence-electron chi connectivity index (χ2n) is 5.31. The molecule has 7 heteroatoms. The number of sulfonamides is 1. The molecule has 0 bridgehead atoms. The van der Waals surface area contributed by atoms with Gasteiger partial charge in [-0.2, -0.15) is 9.82 Å². The number of hydrogen-bond acceptors (Lipinski definition) is 5. The van der Waals surface area contributed by atoms with Crippen molar-refractivity contribution in [3.63, 3.8) is 0 Å². The zero-order valence-electron chi connectivity index (χ0n) is 11.2. The molecule has 2 aliphatic heterocycles. The van der Waals surface area contributed by atoms with Gasteiger partial charge in [0.25, 0.3) is 0 Å². The number of rotatable bonds is 4. The first-order valence-corrected chi connectivity index (χ1v) is 8.26. The fraction of sp³-hybridized carbons (Fsp3) is 0.750. The topological polar surface area (TPSA) is 74.3 Å². The van der Waals surface area contributed by atoms with E-state index in [1.54, 1.807) is 6.92 Å². The largest absolute Gasteiger partial charge is 0.347 e. The Morgan fingerprint density at radius 2 is 2.37 bits per heavy atom. The Morgan fingerprint density at radius 1 is 1.58 bits per heavy atom. The van der Waals surface area contributed by atoms with E-state index in [1.807, 2.05) is 12.1 Å². The molecule has 0 aromatic carbocycles. The highest BCUT2D eigenvalue weighted by Gasteiger charge is 2.45. The minimum absolute atomic E-state index is 0.0752. The predicted octanol–water partition coefficient (Wildman–Crippen LogP) is 0.288. The molecule has 0 aromatic rings. The molecule has 1 aliphatic carbocycles. The van der Waals surface area contributed by atoms with E-state index in [0.29, 0.717) is 5.92 Å². The lowest BCUT2D eigenvalue weighted by Gasteiger charge is -2.18. The molecule has 6 nitrogen and oxygen atoms in total. The van der Waals surface area contributed by atoms with Crippen molar-refractivity contribution in [3.8, 4) is 0 Å². The van der Waals surface area contributed by atoms with Crippen molar-refractivity contribution in [1.82, 2.24) is 9.73 Å². The van der Waals surface area contributed by atoms with E-state index in [4.69, 9.17) is 4.74 Å². The summed E-state index contributed by atoms with van der Waals surface area (Å²) in [5, 5.41) is 6.44. The number of hydrogen-bond donors (Lipinski definition) is 1. The highest BCUT2D eigenvalue weighted by molar-refractivity contribution is 7.89. The number of fused-ring (bicyclic) bond motifs is 1. The molecule has 1 N–H and O–H groups in total. The van der Waals surface area contributed by atoms with Crippen LogP contribution in [0, 0.1) is 5.92 Å². The average Bonchev–Trinajstić information content (AvgIpc) is 2.99. The van der Waals surface area contributed by atoms with Gasteiger partial charge in [-0.15, -0.1) is 0 Å². The maximum absolute atomic E-state index is 11.5. The van der Waals surface area contributed by atoms with Crippen molar-refractivity contribution in [2.75, 3.05) is 19.3 Å². The first-order valence-electron chi connectivity index (χ1n) is 6.61. The van der Waals surface area contributed by atoms with Gasteiger partial charge in [-0.1, -0.05) is 6.08 Å². The molecule has 0 amide bonds. The third-order valence-corrected chi connectivity index (χ3v) is 5.19. The van der Waals surface area contributed by atoms with Crippen molar-refractivity contribution in [3.05, 3.63) is 11.6 Å². The number of hydrazone groups is 1. The first kappa shape index (κ1) is 13.1. The molecule has 106 valence electrons. The second-order valence-corrected chi connectivity index (χ2v) is 7.36. The van der Waals surface area contributed by atoms with E-state index in [0.717, 1.165) is 19.4 Å². The van der Waals surface area contributed by atoms with Gasteiger partial charge >= 0.3 is 0 Å². The monoisotopic (exact) mass is 285 g/mol. The zero-order chi connectivity index (χ0) is 13.6. The number of nitrogens with one attached hydrogen (secondary N) is 1. The van der Waals surface area contributed by atoms with Crippen molar-refractivity contribution < 1.29 is 13.2 Å². The molecule has 0 aromatic heterocycles. The van der Waals surface area contributed by atoms with Crippen LogP contribution in [-0.4, -0.2) is 50.8 Å². The lowest BCUT2D eigenvalue weighted by atomic mass is 9.86. The molecular weight excluding hydrogens is 266 g/mol. The summed E-state index contributed by atoms with van der Waals surface area (Å²) in [5.74, 6) is 0.556. The highest BCUT2D eigenvalue weighted by Crippen LogP contribution is 2.36. The van der Waals surface area contributed by atoms with Crippen LogP contribution in [0.3, 0.4) is 0 Å². The summed E-state index contributed by atoms with van der Waals surface area (Å²) >= 11 is 0. The van der Waals surface area contributed by atoms with Crippen LogP contribution in [0.4, 0.5) is 0 Å². The van der Waals surface area contributed by atoms with Crippen LogP contribution in [0.25, 0.3) is 0 Å². The summed E-state index contributed by atoms with van der Waals surface area (Å²) in [6, 6.07) is 0. The summed E-state index contributed by atoms with van der Waals surface area (Å²) < 4.78 is 31.0. The summed E-state index contributed by atoms with van der Waals surface area (Å²) in [4.78, 5) is 0. The van der Waals surface area contributed by atoms with Gasteiger partial charge in [0.15, 0.2) is 6.23 Å². The van der Waals surface area contributed by atoms with Crippen LogP contribution in [0.15, 0.2) is 16.8 Å². The summed E-state index contributed by atoms with van der Waals surface area (Å²) in [5.41, 5.74) is 2.45. The molecule has 2 heterocycles. The van der Waals surface area contributed by atoms with E-state index >= 15 is 0 Å². The Hall–Kier alpha value is -0.920. The fourth-order valence-corrected chi connectivity index (χ4v) is 3.44. The van der Waals surface area contributed by atoms with Crippen molar-refractivity contribution in [2.45, 2.75) is 32.1 Å². The van der Waals surface area contributed by atoms with Gasteiger partial charge in [0.2, 0.25) is 10.0 Å². The third kappa shape index (κ3) is 2.68. The Balaban J connectivity index is 1.60. The van der Waals surface area contributed by atoms with Crippen LogP contribution >= 0.6 is 0 Å². The molecule has 1 fully saturated rings. The molecule has 1 saturated heterocycles. The lowest BCUT2D eigenvalue weighted by Crippen LogP contribution is -2.30. The van der Waals surface area contributed by atoms with Gasteiger partial charge in [-0.25, -0.2) is 8.42 Å². The summed E-state index contributed by atoms with van der Waals surface area (Å²) in [6.07, 6.45) is 3.48. The number of nitrogens with zero attached hydrogens (tertiary/aromatic N) is 2. The fourth-order valence-electron chi connectivity index (χ4n) is 2.74. The highest BCUT2D eigenvalue weighted by atomic mass is 32.2. The molecular formula is C12H19N3O3S. The Morgan fingerprint density at radius 3 is 3.11 bits per heavy atom. The summed E-state index contributed by atoms with van der Waals surface area (Å²) in [7, 11) is -1.21.